The van der Waals surface area contributed by atoms with Crippen LogP contribution < -0.4 is 5.32 Å². The summed E-state index contributed by atoms with van der Waals surface area (Å²) in [7, 11) is 0. The molecule has 1 amide bonds. The van der Waals surface area contributed by atoms with Crippen molar-refractivity contribution >= 4 is 17.8 Å². The molecule has 17 heavy (non-hydrogen) atoms. The molecule has 1 heterocycles. The fraction of sp³-hybridized carbons (Fsp3) is 0.583. The zero-order chi connectivity index (χ0) is 12.7. The van der Waals surface area contributed by atoms with Crippen LogP contribution in [0.25, 0.3) is 0 Å². The van der Waals surface area contributed by atoms with Gasteiger partial charge in [-0.2, -0.15) is 0 Å². The first-order valence-corrected chi connectivity index (χ1v) is 5.62. The summed E-state index contributed by atoms with van der Waals surface area (Å²) >= 11 is 0. The molecule has 1 N–H and O–H groups in total. The van der Waals surface area contributed by atoms with Crippen LogP contribution in [0.1, 0.15) is 20.8 Å². The van der Waals surface area contributed by atoms with Gasteiger partial charge >= 0.3 is 11.9 Å². The summed E-state index contributed by atoms with van der Waals surface area (Å²) in [5, 5.41) is 2.71. The summed E-state index contributed by atoms with van der Waals surface area (Å²) in [4.78, 5) is 34.4. The fourth-order valence-corrected chi connectivity index (χ4v) is 2.74. The highest BCUT2D eigenvalue weighted by Gasteiger charge is 2.53. The van der Waals surface area contributed by atoms with Crippen molar-refractivity contribution in [3.63, 3.8) is 0 Å². The van der Waals surface area contributed by atoms with Crippen LogP contribution in [0.15, 0.2) is 11.6 Å². The number of carbonyl (C=O) groups is 3. The van der Waals surface area contributed by atoms with Crippen molar-refractivity contribution in [2.24, 2.45) is 17.8 Å². The number of allylic oxidation sites excluding steroid dienone is 1. The number of ether oxygens (including phenoxy) is 1. The molecule has 0 unspecified atom stereocenters. The van der Waals surface area contributed by atoms with Crippen molar-refractivity contribution < 1.29 is 19.1 Å². The fourth-order valence-electron chi connectivity index (χ4n) is 2.74. The summed E-state index contributed by atoms with van der Waals surface area (Å²) in [5.74, 6) is -2.31. The highest BCUT2D eigenvalue weighted by Crippen LogP contribution is 2.39. The van der Waals surface area contributed by atoms with Crippen molar-refractivity contribution in [3.05, 3.63) is 11.6 Å². The zero-order valence-electron chi connectivity index (χ0n) is 10.0. The van der Waals surface area contributed by atoms with Crippen LogP contribution in [0, 0.1) is 17.8 Å². The van der Waals surface area contributed by atoms with E-state index in [-0.39, 0.29) is 11.8 Å². The first-order chi connectivity index (χ1) is 7.91. The van der Waals surface area contributed by atoms with Crippen LogP contribution in [0.2, 0.25) is 0 Å². The average Bonchev–Trinajstić information content (AvgIpc) is 2.48. The summed E-state index contributed by atoms with van der Waals surface area (Å²) < 4.78 is 4.68. The molecule has 0 saturated carbocycles. The van der Waals surface area contributed by atoms with Gasteiger partial charge in [-0.05, 0) is 12.8 Å². The molecule has 0 aromatic carbocycles. The predicted molar refractivity (Wildman–Crippen MR) is 58.6 cm³/mol. The normalized spacial score (nSPS) is 36.1. The maximum absolute atomic E-state index is 11.7. The Kier molecular flexibility index (Phi) is 2.77. The minimum absolute atomic E-state index is 0.0380. The quantitative estimate of drug-likeness (QED) is 0.407. The molecule has 2 rings (SSSR count). The van der Waals surface area contributed by atoms with E-state index < -0.39 is 29.8 Å². The first-order valence-electron chi connectivity index (χ1n) is 5.62. The number of rotatable bonds is 1. The second-order valence-electron chi connectivity index (χ2n) is 4.74. The van der Waals surface area contributed by atoms with Crippen molar-refractivity contribution in [1.29, 1.82) is 0 Å². The van der Waals surface area contributed by atoms with Gasteiger partial charge in [0.15, 0.2) is 0 Å². The van der Waals surface area contributed by atoms with Gasteiger partial charge in [0, 0.05) is 6.92 Å². The van der Waals surface area contributed by atoms with E-state index in [0.29, 0.717) is 0 Å². The summed E-state index contributed by atoms with van der Waals surface area (Å²) in [6.07, 6.45) is 1.92. The molecule has 1 aliphatic carbocycles. The molecule has 92 valence electrons. The minimum Gasteiger partial charge on any atom is -0.393 e. The minimum atomic E-state index is -0.577. The topological polar surface area (TPSA) is 72.5 Å². The van der Waals surface area contributed by atoms with Gasteiger partial charge in [-0.1, -0.05) is 18.6 Å². The zero-order valence-corrected chi connectivity index (χ0v) is 10.0. The van der Waals surface area contributed by atoms with E-state index in [1.807, 2.05) is 19.9 Å². The Bertz CT molecular complexity index is 426. The van der Waals surface area contributed by atoms with Crippen LogP contribution in [0.5, 0.6) is 0 Å². The van der Waals surface area contributed by atoms with Crippen molar-refractivity contribution in [2.75, 3.05) is 0 Å². The number of carbonyl (C=O) groups excluding carboxylic acids is 3. The van der Waals surface area contributed by atoms with E-state index in [9.17, 15) is 14.4 Å². The molecular weight excluding hydrogens is 222 g/mol. The largest absolute Gasteiger partial charge is 0.393 e. The number of hydrogen-bond acceptors (Lipinski definition) is 4. The van der Waals surface area contributed by atoms with E-state index in [0.717, 1.165) is 5.57 Å². The SMILES string of the molecule is CC(=O)N[C@H]1C(C)=C[C@@H](C)[C@H]2C(=O)OC(=O)[C@H]21. The lowest BCUT2D eigenvalue weighted by Gasteiger charge is -2.32. The molecule has 5 heteroatoms. The van der Waals surface area contributed by atoms with E-state index in [1.54, 1.807) is 0 Å². The highest BCUT2D eigenvalue weighted by atomic mass is 16.6. The standard InChI is InChI=1S/C12H15NO4/c1-5-4-6(2)10(13-7(3)14)9-8(5)11(15)17-12(9)16/h4-5,8-10H,1-3H3,(H,13,14)/t5-,8-,9-,10+/m1/s1. The van der Waals surface area contributed by atoms with E-state index in [4.69, 9.17) is 0 Å². The van der Waals surface area contributed by atoms with Gasteiger partial charge in [-0.25, -0.2) is 0 Å². The lowest BCUT2D eigenvalue weighted by molar-refractivity contribution is -0.154. The molecule has 0 bridgehead atoms. The summed E-state index contributed by atoms with van der Waals surface area (Å²) in [6, 6.07) is -0.423. The van der Waals surface area contributed by atoms with E-state index in [2.05, 4.69) is 10.1 Å². The second-order valence-corrected chi connectivity index (χ2v) is 4.74. The Morgan fingerprint density at radius 2 is 1.88 bits per heavy atom. The maximum atomic E-state index is 11.7. The molecule has 1 fully saturated rings. The average molecular weight is 237 g/mol. The molecule has 2 aliphatic rings. The Labute approximate surface area is 99.2 Å². The molecule has 4 atom stereocenters. The van der Waals surface area contributed by atoms with Crippen LogP contribution in [-0.4, -0.2) is 23.9 Å². The molecule has 0 aromatic heterocycles. The Morgan fingerprint density at radius 3 is 2.47 bits per heavy atom. The van der Waals surface area contributed by atoms with Gasteiger partial charge in [0.1, 0.15) is 0 Å². The van der Waals surface area contributed by atoms with E-state index in [1.165, 1.54) is 6.92 Å². The van der Waals surface area contributed by atoms with Crippen LogP contribution in [-0.2, 0) is 19.1 Å². The second kappa shape index (κ2) is 3.98. The monoisotopic (exact) mass is 237 g/mol. The summed E-state index contributed by atoms with van der Waals surface area (Å²) in [5.41, 5.74) is 0.903. The molecular formula is C12H15NO4. The first kappa shape index (κ1) is 11.8. The smallest absolute Gasteiger partial charge is 0.319 e. The molecule has 0 radical (unpaired) electrons. The molecule has 1 saturated heterocycles. The van der Waals surface area contributed by atoms with Gasteiger partial charge in [-0.3, -0.25) is 14.4 Å². The third kappa shape index (κ3) is 1.85. The number of cyclic esters (lactones) is 2. The van der Waals surface area contributed by atoms with E-state index >= 15 is 0 Å². The van der Waals surface area contributed by atoms with Gasteiger partial charge in [-0.15, -0.1) is 0 Å². The Hall–Kier alpha value is -1.65. The van der Waals surface area contributed by atoms with Crippen LogP contribution >= 0.6 is 0 Å². The Balaban J connectivity index is 2.38. The third-order valence-corrected chi connectivity index (χ3v) is 3.43. The lowest BCUT2D eigenvalue weighted by Crippen LogP contribution is -2.48. The number of esters is 2. The lowest BCUT2D eigenvalue weighted by atomic mass is 9.72. The predicted octanol–water partition coefficient (Wildman–Crippen LogP) is 0.403. The number of hydrogen-bond donors (Lipinski definition) is 1. The van der Waals surface area contributed by atoms with Gasteiger partial charge < -0.3 is 10.1 Å². The Morgan fingerprint density at radius 1 is 1.29 bits per heavy atom. The maximum Gasteiger partial charge on any atom is 0.319 e. The molecule has 1 aliphatic heterocycles. The molecule has 5 nitrogen and oxygen atoms in total. The highest BCUT2D eigenvalue weighted by molar-refractivity contribution is 5.98. The summed E-state index contributed by atoms with van der Waals surface area (Å²) in [6.45, 7) is 5.12. The number of amides is 1. The number of fused-ring (bicyclic) bond motifs is 1. The van der Waals surface area contributed by atoms with Gasteiger partial charge in [0.2, 0.25) is 5.91 Å². The molecule has 0 spiro atoms. The molecule has 0 aromatic rings. The van der Waals surface area contributed by atoms with Crippen LogP contribution in [0.3, 0.4) is 0 Å². The van der Waals surface area contributed by atoms with Gasteiger partial charge in [0.05, 0.1) is 17.9 Å². The van der Waals surface area contributed by atoms with Gasteiger partial charge in [0.25, 0.3) is 0 Å². The van der Waals surface area contributed by atoms with Crippen molar-refractivity contribution in [2.45, 2.75) is 26.8 Å². The van der Waals surface area contributed by atoms with Crippen molar-refractivity contribution in [3.8, 4) is 0 Å². The van der Waals surface area contributed by atoms with Crippen LogP contribution in [0.4, 0.5) is 0 Å². The van der Waals surface area contributed by atoms with Crippen molar-refractivity contribution in [1.82, 2.24) is 5.32 Å². The third-order valence-electron chi connectivity index (χ3n) is 3.43. The number of nitrogens with one attached hydrogen (secondary N) is 1.